The van der Waals surface area contributed by atoms with Gasteiger partial charge in [0.15, 0.2) is 0 Å². The van der Waals surface area contributed by atoms with Gasteiger partial charge in [-0.2, -0.15) is 0 Å². The Kier molecular flexibility index (Phi) is 5.74. The number of nitrogens with two attached hydrogens (primary N) is 1. The molecule has 1 unspecified atom stereocenters. The zero-order valence-corrected chi connectivity index (χ0v) is 10.8. The van der Waals surface area contributed by atoms with E-state index in [1.807, 2.05) is 6.92 Å². The fourth-order valence-corrected chi connectivity index (χ4v) is 2.17. The number of hydrogen-bond donors (Lipinski definition) is 2. The molecule has 3 nitrogen and oxygen atoms in total. The Bertz CT molecular complexity index is 249. The molecule has 0 aromatic rings. The number of carbonyl (C=O) groups excluding carboxylic acids is 1. The zero-order chi connectivity index (χ0) is 12.0. The summed E-state index contributed by atoms with van der Waals surface area (Å²) in [5.74, 6) is 0.999. The molecule has 0 bridgehead atoms. The molecule has 4 heteroatoms. The molecule has 1 amide bonds. The van der Waals surface area contributed by atoms with E-state index in [0.717, 1.165) is 12.3 Å². The van der Waals surface area contributed by atoms with E-state index >= 15 is 0 Å². The predicted octanol–water partition coefficient (Wildman–Crippen LogP) is 2.00. The first-order valence-electron chi connectivity index (χ1n) is 6.15. The molecule has 0 aromatic heterocycles. The van der Waals surface area contributed by atoms with Gasteiger partial charge in [0.2, 0.25) is 5.91 Å². The number of amides is 1. The molecule has 0 saturated heterocycles. The standard InChI is InChI=1S/C12H22N2OS/c1-9(12(13)16)8-14-11(15)7-6-10-4-2-3-5-10/h9-10H,2-8H2,1H3,(H2,13,16)(H,14,15). The van der Waals surface area contributed by atoms with E-state index in [4.69, 9.17) is 18.0 Å². The van der Waals surface area contributed by atoms with Gasteiger partial charge in [-0.15, -0.1) is 0 Å². The van der Waals surface area contributed by atoms with Crippen molar-refractivity contribution in [2.24, 2.45) is 17.6 Å². The highest BCUT2D eigenvalue weighted by molar-refractivity contribution is 7.80. The second-order valence-electron chi connectivity index (χ2n) is 4.80. The second-order valence-corrected chi connectivity index (χ2v) is 5.27. The van der Waals surface area contributed by atoms with E-state index in [9.17, 15) is 4.79 Å². The summed E-state index contributed by atoms with van der Waals surface area (Å²) in [6, 6.07) is 0. The maximum atomic E-state index is 11.5. The molecule has 1 rings (SSSR count). The van der Waals surface area contributed by atoms with Crippen molar-refractivity contribution in [3.05, 3.63) is 0 Å². The van der Waals surface area contributed by atoms with Gasteiger partial charge < -0.3 is 11.1 Å². The van der Waals surface area contributed by atoms with Crippen molar-refractivity contribution in [3.63, 3.8) is 0 Å². The van der Waals surface area contributed by atoms with Crippen molar-refractivity contribution in [1.29, 1.82) is 0 Å². The highest BCUT2D eigenvalue weighted by Crippen LogP contribution is 2.28. The summed E-state index contributed by atoms with van der Waals surface area (Å²) in [6.45, 7) is 2.50. The first kappa shape index (κ1) is 13.4. The van der Waals surface area contributed by atoms with Crippen molar-refractivity contribution in [2.45, 2.75) is 45.4 Å². The average molecular weight is 242 g/mol. The molecule has 0 aromatic carbocycles. The zero-order valence-electron chi connectivity index (χ0n) is 10.00. The summed E-state index contributed by atoms with van der Waals surface area (Å²) in [5, 5.41) is 2.88. The fraction of sp³-hybridized carbons (Fsp3) is 0.833. The molecule has 0 radical (unpaired) electrons. The Hall–Kier alpha value is -0.640. The number of nitrogens with one attached hydrogen (secondary N) is 1. The van der Waals surface area contributed by atoms with Crippen LogP contribution >= 0.6 is 12.2 Å². The van der Waals surface area contributed by atoms with Crippen LogP contribution in [-0.4, -0.2) is 17.4 Å². The Labute approximate surface area is 103 Å². The molecular weight excluding hydrogens is 220 g/mol. The van der Waals surface area contributed by atoms with Crippen molar-refractivity contribution < 1.29 is 4.79 Å². The van der Waals surface area contributed by atoms with Crippen LogP contribution in [0.25, 0.3) is 0 Å². The van der Waals surface area contributed by atoms with Gasteiger partial charge in [0.25, 0.3) is 0 Å². The maximum Gasteiger partial charge on any atom is 0.220 e. The third-order valence-corrected chi connectivity index (χ3v) is 3.75. The highest BCUT2D eigenvalue weighted by Gasteiger charge is 2.16. The van der Waals surface area contributed by atoms with E-state index in [-0.39, 0.29) is 11.8 Å². The van der Waals surface area contributed by atoms with Gasteiger partial charge in [0, 0.05) is 18.9 Å². The predicted molar refractivity (Wildman–Crippen MR) is 70.2 cm³/mol. The van der Waals surface area contributed by atoms with Crippen LogP contribution in [0.5, 0.6) is 0 Å². The number of rotatable bonds is 6. The van der Waals surface area contributed by atoms with Crippen LogP contribution in [0.3, 0.4) is 0 Å². The van der Waals surface area contributed by atoms with Crippen LogP contribution in [0.15, 0.2) is 0 Å². The minimum atomic E-state index is 0.0884. The summed E-state index contributed by atoms with van der Waals surface area (Å²) in [4.78, 5) is 12.0. The minimum absolute atomic E-state index is 0.0884. The van der Waals surface area contributed by atoms with E-state index in [1.54, 1.807) is 0 Å². The summed E-state index contributed by atoms with van der Waals surface area (Å²) >= 11 is 4.85. The maximum absolute atomic E-state index is 11.5. The van der Waals surface area contributed by atoms with Crippen LogP contribution in [0.1, 0.15) is 45.4 Å². The number of carbonyl (C=O) groups is 1. The topological polar surface area (TPSA) is 55.1 Å². The van der Waals surface area contributed by atoms with E-state index in [1.165, 1.54) is 25.7 Å². The number of thiocarbonyl (C=S) groups is 1. The van der Waals surface area contributed by atoms with Gasteiger partial charge in [-0.25, -0.2) is 0 Å². The SMILES string of the molecule is CC(CNC(=O)CCC1CCCC1)C(N)=S. The largest absolute Gasteiger partial charge is 0.393 e. The molecule has 3 N–H and O–H groups in total. The Balaban J connectivity index is 2.08. The third kappa shape index (κ3) is 4.92. The Morgan fingerprint density at radius 1 is 1.50 bits per heavy atom. The molecule has 1 saturated carbocycles. The summed E-state index contributed by atoms with van der Waals surface area (Å²) in [7, 11) is 0. The van der Waals surface area contributed by atoms with E-state index in [0.29, 0.717) is 18.0 Å². The number of hydrogen-bond acceptors (Lipinski definition) is 2. The molecule has 1 aliphatic rings. The van der Waals surface area contributed by atoms with Gasteiger partial charge in [0.05, 0.1) is 4.99 Å². The lowest BCUT2D eigenvalue weighted by molar-refractivity contribution is -0.121. The molecular formula is C12H22N2OS. The van der Waals surface area contributed by atoms with Gasteiger partial charge >= 0.3 is 0 Å². The minimum Gasteiger partial charge on any atom is -0.393 e. The van der Waals surface area contributed by atoms with Crippen molar-refractivity contribution in [3.8, 4) is 0 Å². The lowest BCUT2D eigenvalue weighted by Crippen LogP contribution is -2.33. The Morgan fingerprint density at radius 3 is 2.69 bits per heavy atom. The van der Waals surface area contributed by atoms with Crippen molar-refractivity contribution in [2.75, 3.05) is 6.54 Å². The van der Waals surface area contributed by atoms with Crippen molar-refractivity contribution >= 4 is 23.1 Å². The van der Waals surface area contributed by atoms with Crippen LogP contribution in [0, 0.1) is 11.8 Å². The quantitative estimate of drug-likeness (QED) is 0.700. The van der Waals surface area contributed by atoms with Gasteiger partial charge in [0.1, 0.15) is 0 Å². The first-order valence-corrected chi connectivity index (χ1v) is 6.56. The van der Waals surface area contributed by atoms with Crippen molar-refractivity contribution in [1.82, 2.24) is 5.32 Å². The van der Waals surface area contributed by atoms with E-state index < -0.39 is 0 Å². The van der Waals surface area contributed by atoms with Crippen LogP contribution < -0.4 is 11.1 Å². The van der Waals surface area contributed by atoms with Gasteiger partial charge in [-0.3, -0.25) is 4.79 Å². The first-order chi connectivity index (χ1) is 7.59. The molecule has 1 fully saturated rings. The van der Waals surface area contributed by atoms with Crippen LogP contribution in [0.4, 0.5) is 0 Å². The molecule has 1 atom stereocenters. The molecule has 0 aliphatic heterocycles. The van der Waals surface area contributed by atoms with Crippen LogP contribution in [0.2, 0.25) is 0 Å². The fourth-order valence-electron chi connectivity index (χ4n) is 2.09. The van der Waals surface area contributed by atoms with Gasteiger partial charge in [-0.05, 0) is 12.3 Å². The summed E-state index contributed by atoms with van der Waals surface area (Å²) in [6.07, 6.45) is 6.96. The monoisotopic (exact) mass is 242 g/mol. The molecule has 16 heavy (non-hydrogen) atoms. The summed E-state index contributed by atoms with van der Waals surface area (Å²) in [5.41, 5.74) is 5.48. The Morgan fingerprint density at radius 2 is 2.12 bits per heavy atom. The lowest BCUT2D eigenvalue weighted by Gasteiger charge is -2.12. The third-order valence-electron chi connectivity index (χ3n) is 3.35. The normalized spacial score (nSPS) is 18.3. The molecule has 92 valence electrons. The molecule has 0 spiro atoms. The van der Waals surface area contributed by atoms with E-state index in [2.05, 4.69) is 5.32 Å². The smallest absolute Gasteiger partial charge is 0.220 e. The second kappa shape index (κ2) is 6.84. The average Bonchev–Trinajstić information content (AvgIpc) is 2.75. The molecule has 0 heterocycles. The summed E-state index contributed by atoms with van der Waals surface area (Å²) < 4.78 is 0. The van der Waals surface area contributed by atoms with Gasteiger partial charge in [-0.1, -0.05) is 44.8 Å². The lowest BCUT2D eigenvalue weighted by atomic mass is 10.0. The highest BCUT2D eigenvalue weighted by atomic mass is 32.1. The molecule has 1 aliphatic carbocycles. The van der Waals surface area contributed by atoms with Crippen LogP contribution in [-0.2, 0) is 4.79 Å².